The fourth-order valence-electron chi connectivity index (χ4n) is 2.42. The Labute approximate surface area is 106 Å². The van der Waals surface area contributed by atoms with E-state index < -0.39 is 0 Å². The van der Waals surface area contributed by atoms with Crippen LogP contribution in [-0.4, -0.2) is 18.8 Å². The molecule has 1 aliphatic heterocycles. The standard InChI is InChI=1S/C14H16N2O2/c1-17-11-5-2-4-10(8-11)12-9-16-18-14(12)13-6-3-7-15-13/h2,4-5,8-9,13,15H,3,6-7H2,1H3. The number of benzene rings is 1. The molecular formula is C14H16N2O2. The summed E-state index contributed by atoms with van der Waals surface area (Å²) in [5.41, 5.74) is 2.13. The minimum Gasteiger partial charge on any atom is -0.497 e. The number of nitrogens with one attached hydrogen (secondary N) is 1. The maximum atomic E-state index is 5.42. The quantitative estimate of drug-likeness (QED) is 0.901. The number of nitrogens with zero attached hydrogens (tertiary/aromatic N) is 1. The van der Waals surface area contributed by atoms with E-state index in [0.29, 0.717) is 0 Å². The van der Waals surface area contributed by atoms with Gasteiger partial charge in [-0.05, 0) is 37.1 Å². The van der Waals surface area contributed by atoms with Crippen LogP contribution in [0, 0.1) is 0 Å². The first-order valence-corrected chi connectivity index (χ1v) is 6.21. The van der Waals surface area contributed by atoms with Crippen LogP contribution < -0.4 is 10.1 Å². The second kappa shape index (κ2) is 4.82. The number of ether oxygens (including phenoxy) is 1. The molecule has 0 spiro atoms. The first-order valence-electron chi connectivity index (χ1n) is 6.21. The molecule has 18 heavy (non-hydrogen) atoms. The lowest BCUT2D eigenvalue weighted by atomic mass is 10.0. The first-order chi connectivity index (χ1) is 8.88. The van der Waals surface area contributed by atoms with Gasteiger partial charge in [0.2, 0.25) is 0 Å². The Morgan fingerprint density at radius 3 is 3.17 bits per heavy atom. The zero-order valence-electron chi connectivity index (χ0n) is 10.3. The van der Waals surface area contributed by atoms with Crippen LogP contribution >= 0.6 is 0 Å². The Kier molecular flexibility index (Phi) is 3.02. The predicted molar refractivity (Wildman–Crippen MR) is 68.5 cm³/mol. The highest BCUT2D eigenvalue weighted by Crippen LogP contribution is 2.33. The molecule has 1 fully saturated rings. The van der Waals surface area contributed by atoms with Crippen LogP contribution in [-0.2, 0) is 0 Å². The van der Waals surface area contributed by atoms with Gasteiger partial charge >= 0.3 is 0 Å². The summed E-state index contributed by atoms with van der Waals surface area (Å²) in [4.78, 5) is 0. The van der Waals surface area contributed by atoms with Gasteiger partial charge in [0.15, 0.2) is 5.76 Å². The van der Waals surface area contributed by atoms with Gasteiger partial charge in [-0.2, -0.15) is 0 Å². The topological polar surface area (TPSA) is 47.3 Å². The highest BCUT2D eigenvalue weighted by Gasteiger charge is 2.24. The molecule has 4 nitrogen and oxygen atoms in total. The molecular weight excluding hydrogens is 228 g/mol. The van der Waals surface area contributed by atoms with Crippen LogP contribution in [0.4, 0.5) is 0 Å². The van der Waals surface area contributed by atoms with Crippen molar-refractivity contribution in [3.63, 3.8) is 0 Å². The van der Waals surface area contributed by atoms with Gasteiger partial charge in [0.05, 0.1) is 19.3 Å². The molecule has 4 heteroatoms. The molecule has 0 bridgehead atoms. The summed E-state index contributed by atoms with van der Waals surface area (Å²) < 4.78 is 10.7. The molecule has 1 unspecified atom stereocenters. The van der Waals surface area contributed by atoms with E-state index in [4.69, 9.17) is 9.26 Å². The van der Waals surface area contributed by atoms with Gasteiger partial charge in [-0.1, -0.05) is 17.3 Å². The summed E-state index contributed by atoms with van der Waals surface area (Å²) in [6.07, 6.45) is 4.07. The predicted octanol–water partition coefficient (Wildman–Crippen LogP) is 2.77. The van der Waals surface area contributed by atoms with Crippen LogP contribution in [0.1, 0.15) is 24.6 Å². The van der Waals surface area contributed by atoms with Crippen molar-refractivity contribution in [2.75, 3.05) is 13.7 Å². The van der Waals surface area contributed by atoms with Crippen molar-refractivity contribution in [1.29, 1.82) is 0 Å². The maximum Gasteiger partial charge on any atom is 0.161 e. The van der Waals surface area contributed by atoms with Gasteiger partial charge in [0, 0.05) is 5.56 Å². The van der Waals surface area contributed by atoms with Crippen LogP contribution in [0.2, 0.25) is 0 Å². The lowest BCUT2D eigenvalue weighted by Crippen LogP contribution is -2.12. The van der Waals surface area contributed by atoms with Crippen molar-refractivity contribution < 1.29 is 9.26 Å². The molecule has 1 aromatic carbocycles. The molecule has 2 heterocycles. The van der Waals surface area contributed by atoms with E-state index in [0.717, 1.165) is 35.6 Å². The fraction of sp³-hybridized carbons (Fsp3) is 0.357. The third kappa shape index (κ3) is 1.99. The summed E-state index contributed by atoms with van der Waals surface area (Å²) in [6, 6.07) is 8.25. The minimum absolute atomic E-state index is 0.286. The monoisotopic (exact) mass is 244 g/mol. The number of methoxy groups -OCH3 is 1. The van der Waals surface area contributed by atoms with Crippen molar-refractivity contribution in [3.05, 3.63) is 36.2 Å². The van der Waals surface area contributed by atoms with E-state index in [-0.39, 0.29) is 6.04 Å². The van der Waals surface area contributed by atoms with Crippen LogP contribution in [0.5, 0.6) is 5.75 Å². The average Bonchev–Trinajstić information content (AvgIpc) is 3.09. The molecule has 0 saturated carbocycles. The number of hydrogen-bond acceptors (Lipinski definition) is 4. The molecule has 1 N–H and O–H groups in total. The van der Waals surface area contributed by atoms with E-state index in [1.165, 1.54) is 6.42 Å². The fourth-order valence-corrected chi connectivity index (χ4v) is 2.42. The zero-order valence-corrected chi connectivity index (χ0v) is 10.3. The molecule has 0 amide bonds. The molecule has 1 aromatic heterocycles. The highest BCUT2D eigenvalue weighted by molar-refractivity contribution is 5.66. The van der Waals surface area contributed by atoms with Crippen LogP contribution in [0.25, 0.3) is 11.1 Å². The summed E-state index contributed by atoms with van der Waals surface area (Å²) in [5, 5.41) is 7.38. The smallest absolute Gasteiger partial charge is 0.161 e. The average molecular weight is 244 g/mol. The normalized spacial score (nSPS) is 19.1. The Morgan fingerprint density at radius 2 is 2.39 bits per heavy atom. The van der Waals surface area contributed by atoms with Crippen LogP contribution in [0.3, 0.4) is 0 Å². The third-order valence-electron chi connectivity index (χ3n) is 3.36. The minimum atomic E-state index is 0.286. The van der Waals surface area contributed by atoms with E-state index >= 15 is 0 Å². The first kappa shape index (κ1) is 11.3. The van der Waals surface area contributed by atoms with Crippen molar-refractivity contribution >= 4 is 0 Å². The number of aromatic nitrogens is 1. The van der Waals surface area contributed by atoms with E-state index in [2.05, 4.69) is 10.5 Å². The maximum absolute atomic E-state index is 5.42. The lowest BCUT2D eigenvalue weighted by molar-refractivity contribution is 0.352. The molecule has 0 aliphatic carbocycles. The second-order valence-corrected chi connectivity index (χ2v) is 4.48. The number of rotatable bonds is 3. The Bertz CT molecular complexity index is 530. The molecule has 1 aliphatic rings. The summed E-state index contributed by atoms with van der Waals surface area (Å²) in [7, 11) is 1.67. The van der Waals surface area contributed by atoms with Crippen LogP contribution in [0.15, 0.2) is 35.0 Å². The van der Waals surface area contributed by atoms with Crippen molar-refractivity contribution in [2.45, 2.75) is 18.9 Å². The van der Waals surface area contributed by atoms with Crippen molar-refractivity contribution in [3.8, 4) is 16.9 Å². The second-order valence-electron chi connectivity index (χ2n) is 4.48. The molecule has 0 radical (unpaired) electrons. The summed E-state index contributed by atoms with van der Waals surface area (Å²) in [5.74, 6) is 1.78. The lowest BCUT2D eigenvalue weighted by Gasteiger charge is -2.09. The molecule has 1 atom stereocenters. The van der Waals surface area contributed by atoms with E-state index in [1.54, 1.807) is 13.3 Å². The Hall–Kier alpha value is -1.81. The van der Waals surface area contributed by atoms with Gasteiger partial charge in [0.1, 0.15) is 5.75 Å². The van der Waals surface area contributed by atoms with Gasteiger partial charge in [-0.15, -0.1) is 0 Å². The SMILES string of the molecule is COc1cccc(-c2cnoc2C2CCCN2)c1. The Morgan fingerprint density at radius 1 is 1.44 bits per heavy atom. The molecule has 2 aromatic rings. The summed E-state index contributed by atoms with van der Waals surface area (Å²) in [6.45, 7) is 1.04. The largest absolute Gasteiger partial charge is 0.497 e. The highest BCUT2D eigenvalue weighted by atomic mass is 16.5. The van der Waals surface area contributed by atoms with E-state index in [9.17, 15) is 0 Å². The van der Waals surface area contributed by atoms with Gasteiger partial charge in [0.25, 0.3) is 0 Å². The molecule has 3 rings (SSSR count). The third-order valence-corrected chi connectivity index (χ3v) is 3.36. The van der Waals surface area contributed by atoms with Crippen molar-refractivity contribution in [2.24, 2.45) is 0 Å². The number of hydrogen-bond donors (Lipinski definition) is 1. The summed E-state index contributed by atoms with van der Waals surface area (Å²) >= 11 is 0. The zero-order chi connectivity index (χ0) is 12.4. The van der Waals surface area contributed by atoms with Gasteiger partial charge in [-0.3, -0.25) is 0 Å². The van der Waals surface area contributed by atoms with E-state index in [1.807, 2.05) is 24.3 Å². The molecule has 94 valence electrons. The Balaban J connectivity index is 1.98. The molecule has 1 saturated heterocycles. The van der Waals surface area contributed by atoms with Gasteiger partial charge in [-0.25, -0.2) is 0 Å². The van der Waals surface area contributed by atoms with Crippen molar-refractivity contribution in [1.82, 2.24) is 10.5 Å². The van der Waals surface area contributed by atoms with Gasteiger partial charge < -0.3 is 14.6 Å².